The molecule has 2 N–H and O–H groups in total. The second kappa shape index (κ2) is 11.2. The van der Waals surface area contributed by atoms with E-state index in [9.17, 15) is 0 Å². The lowest BCUT2D eigenvalue weighted by Gasteiger charge is -2.34. The smallest absolute Gasteiger partial charge is 0.229 e. The quantitative estimate of drug-likeness (QED) is 0.384. The first-order chi connectivity index (χ1) is 18.7. The second-order valence-corrected chi connectivity index (χ2v) is 10.3. The van der Waals surface area contributed by atoms with Crippen molar-refractivity contribution in [3.63, 3.8) is 0 Å². The molecule has 4 aromatic rings. The number of ether oxygens (including phenoxy) is 1. The molecule has 2 saturated heterocycles. The largest absolute Gasteiger partial charge is 0.371 e. The van der Waals surface area contributed by atoms with Gasteiger partial charge in [0.25, 0.3) is 0 Å². The molecule has 2 aliphatic rings. The van der Waals surface area contributed by atoms with Crippen LogP contribution in [0, 0.1) is 6.92 Å². The summed E-state index contributed by atoms with van der Waals surface area (Å²) in [5.74, 6) is 0.599. The summed E-state index contributed by atoms with van der Waals surface area (Å²) < 4.78 is 8.02. The maximum absolute atomic E-state index is 5.90. The normalized spacial score (nSPS) is 19.2. The zero-order valence-corrected chi connectivity index (χ0v) is 22.4. The van der Waals surface area contributed by atoms with Crippen molar-refractivity contribution in [1.82, 2.24) is 29.7 Å². The van der Waals surface area contributed by atoms with E-state index in [2.05, 4.69) is 98.6 Å². The first-order valence-corrected chi connectivity index (χ1v) is 13.7. The van der Waals surface area contributed by atoms with Crippen molar-refractivity contribution in [2.45, 2.75) is 26.5 Å². The van der Waals surface area contributed by atoms with Crippen LogP contribution in [0.4, 0.5) is 11.6 Å². The van der Waals surface area contributed by atoms with Crippen molar-refractivity contribution in [3.05, 3.63) is 77.6 Å². The maximum Gasteiger partial charge on any atom is 0.229 e. The molecule has 0 bridgehead atoms. The zero-order chi connectivity index (χ0) is 25.9. The molecule has 2 fully saturated rings. The number of nitrogens with zero attached hydrogens (tertiary/aromatic N) is 5. The Bertz CT molecular complexity index is 1370. The molecular weight excluding hydrogens is 474 g/mol. The van der Waals surface area contributed by atoms with Gasteiger partial charge >= 0.3 is 0 Å². The van der Waals surface area contributed by atoms with Gasteiger partial charge in [0.05, 0.1) is 12.7 Å². The molecule has 0 amide bonds. The number of likely N-dealkylation sites (N-methyl/N-ethyl adjacent to an activating group) is 1. The van der Waals surface area contributed by atoms with Gasteiger partial charge in [-0.1, -0.05) is 25.1 Å². The van der Waals surface area contributed by atoms with Crippen molar-refractivity contribution < 1.29 is 4.74 Å². The summed E-state index contributed by atoms with van der Waals surface area (Å²) in [6.07, 6.45) is 4.05. The molecule has 6 rings (SSSR count). The molecule has 0 radical (unpaired) electrons. The lowest BCUT2D eigenvalue weighted by molar-refractivity contribution is 0.0277. The number of anilines is 2. The fraction of sp³-hybridized carbons (Fsp3) is 0.400. The van der Waals surface area contributed by atoms with Crippen LogP contribution < -0.4 is 10.6 Å². The summed E-state index contributed by atoms with van der Waals surface area (Å²) in [6.45, 7) is 13.6. The van der Waals surface area contributed by atoms with Gasteiger partial charge in [-0.15, -0.1) is 0 Å². The molecule has 0 aliphatic carbocycles. The third-order valence-electron chi connectivity index (χ3n) is 7.81. The Morgan fingerprint density at radius 1 is 1.03 bits per heavy atom. The molecule has 198 valence electrons. The molecule has 2 aromatic heterocycles. The molecule has 1 atom stereocenters. The highest BCUT2D eigenvalue weighted by Gasteiger charge is 2.17. The summed E-state index contributed by atoms with van der Waals surface area (Å²) in [5, 5.41) is 7.86. The number of hydrogen-bond donors (Lipinski definition) is 2. The molecule has 8 nitrogen and oxygen atoms in total. The number of nitrogens with one attached hydrogen (secondary N) is 2. The Morgan fingerprint density at radius 3 is 2.61 bits per heavy atom. The van der Waals surface area contributed by atoms with Gasteiger partial charge in [0.2, 0.25) is 5.95 Å². The second-order valence-electron chi connectivity index (χ2n) is 10.3. The predicted molar refractivity (Wildman–Crippen MR) is 152 cm³/mol. The third-order valence-corrected chi connectivity index (χ3v) is 7.81. The van der Waals surface area contributed by atoms with E-state index in [4.69, 9.17) is 9.72 Å². The summed E-state index contributed by atoms with van der Waals surface area (Å²) in [4.78, 5) is 14.6. The van der Waals surface area contributed by atoms with Crippen LogP contribution >= 0.6 is 0 Å². The molecule has 4 heterocycles. The average molecular weight is 512 g/mol. The number of hydrogen-bond acceptors (Lipinski definition) is 7. The van der Waals surface area contributed by atoms with Crippen molar-refractivity contribution >= 4 is 22.7 Å². The minimum atomic E-state index is 0.109. The van der Waals surface area contributed by atoms with Crippen LogP contribution in [-0.2, 0) is 11.3 Å². The Hall–Kier alpha value is -3.30. The summed E-state index contributed by atoms with van der Waals surface area (Å²) in [6, 6.07) is 17.2. The molecule has 2 aliphatic heterocycles. The van der Waals surface area contributed by atoms with E-state index in [1.807, 2.05) is 6.20 Å². The lowest BCUT2D eigenvalue weighted by atomic mass is 10.1. The van der Waals surface area contributed by atoms with Gasteiger partial charge in [0.15, 0.2) is 0 Å². The van der Waals surface area contributed by atoms with E-state index in [0.717, 1.165) is 81.4 Å². The van der Waals surface area contributed by atoms with Crippen LogP contribution in [-0.4, -0.2) is 76.8 Å². The Labute approximate surface area is 224 Å². The van der Waals surface area contributed by atoms with Crippen molar-refractivity contribution in [3.8, 4) is 5.69 Å². The van der Waals surface area contributed by atoms with Crippen molar-refractivity contribution in [2.75, 3.05) is 57.7 Å². The summed E-state index contributed by atoms with van der Waals surface area (Å²) in [5.41, 5.74) is 6.82. The number of fused-ring (bicyclic) bond motifs is 1. The highest BCUT2D eigenvalue weighted by atomic mass is 16.5. The molecule has 1 unspecified atom stereocenters. The van der Waals surface area contributed by atoms with Gasteiger partial charge in [-0.2, -0.15) is 4.98 Å². The molecule has 2 aromatic carbocycles. The first kappa shape index (κ1) is 25.0. The number of aryl methyl sites for hydroxylation is 1. The van der Waals surface area contributed by atoms with Gasteiger partial charge in [-0.25, -0.2) is 4.98 Å². The Balaban J connectivity index is 1.19. The van der Waals surface area contributed by atoms with Crippen LogP contribution in [0.2, 0.25) is 0 Å². The van der Waals surface area contributed by atoms with Gasteiger partial charge in [-0.05, 0) is 60.5 Å². The minimum Gasteiger partial charge on any atom is -0.371 e. The van der Waals surface area contributed by atoms with Gasteiger partial charge < -0.3 is 24.8 Å². The highest BCUT2D eigenvalue weighted by molar-refractivity contribution is 5.78. The average Bonchev–Trinajstić information content (AvgIpc) is 3.39. The third kappa shape index (κ3) is 5.44. The first-order valence-electron chi connectivity index (χ1n) is 13.7. The van der Waals surface area contributed by atoms with Crippen LogP contribution in [0.15, 0.2) is 60.9 Å². The van der Waals surface area contributed by atoms with E-state index in [1.165, 1.54) is 16.7 Å². The monoisotopic (exact) mass is 511 g/mol. The Kier molecular flexibility index (Phi) is 7.38. The fourth-order valence-corrected chi connectivity index (χ4v) is 5.37. The van der Waals surface area contributed by atoms with Crippen molar-refractivity contribution in [2.24, 2.45) is 0 Å². The number of rotatable bonds is 7. The van der Waals surface area contributed by atoms with Crippen LogP contribution in [0.1, 0.15) is 29.7 Å². The van der Waals surface area contributed by atoms with Crippen LogP contribution in [0.25, 0.3) is 16.7 Å². The SMILES string of the molecule is CCN1CCN(Cc2cc(Nc3ncc4ccn(-c5ccc(C6CNCCO6)cc5)c4n3)ccc2C)CC1. The molecule has 38 heavy (non-hydrogen) atoms. The number of benzene rings is 2. The number of morpholine rings is 1. The standard InChI is InChI=1S/C30H37N7O/c1-3-35-13-15-36(16-14-35)21-25-18-26(7-4-22(25)2)33-30-32-19-24-10-12-37(29(24)34-30)27-8-5-23(6-9-27)28-20-31-11-17-38-28/h4-10,12,18-19,28,31H,3,11,13-17,20-21H2,1-2H3,(H,32,33,34). The molecule has 0 saturated carbocycles. The van der Waals surface area contributed by atoms with E-state index in [1.54, 1.807) is 0 Å². The molecule has 0 spiro atoms. The van der Waals surface area contributed by atoms with E-state index in [0.29, 0.717) is 5.95 Å². The number of aromatic nitrogens is 3. The lowest BCUT2D eigenvalue weighted by Crippen LogP contribution is -2.45. The topological polar surface area (TPSA) is 70.5 Å². The minimum absolute atomic E-state index is 0.109. The molecule has 8 heteroatoms. The van der Waals surface area contributed by atoms with Crippen LogP contribution in [0.5, 0.6) is 0 Å². The predicted octanol–water partition coefficient (Wildman–Crippen LogP) is 4.27. The van der Waals surface area contributed by atoms with E-state index < -0.39 is 0 Å². The molecular formula is C30H37N7O. The van der Waals surface area contributed by atoms with Gasteiger partial charge in [0.1, 0.15) is 5.65 Å². The Morgan fingerprint density at radius 2 is 1.84 bits per heavy atom. The van der Waals surface area contributed by atoms with Gasteiger partial charge in [-0.3, -0.25) is 4.90 Å². The fourth-order valence-electron chi connectivity index (χ4n) is 5.37. The summed E-state index contributed by atoms with van der Waals surface area (Å²) in [7, 11) is 0. The summed E-state index contributed by atoms with van der Waals surface area (Å²) >= 11 is 0. The van der Waals surface area contributed by atoms with E-state index in [-0.39, 0.29) is 6.10 Å². The zero-order valence-electron chi connectivity index (χ0n) is 22.4. The highest BCUT2D eigenvalue weighted by Crippen LogP contribution is 2.25. The maximum atomic E-state index is 5.90. The van der Waals surface area contributed by atoms with Gasteiger partial charge in [0, 0.05) is 75.0 Å². The van der Waals surface area contributed by atoms with E-state index >= 15 is 0 Å². The van der Waals surface area contributed by atoms with Crippen molar-refractivity contribution in [1.29, 1.82) is 0 Å². The van der Waals surface area contributed by atoms with Crippen LogP contribution in [0.3, 0.4) is 0 Å². The number of piperazine rings is 1.